The average molecular weight is 335 g/mol. The molecular formula is C14H25NO6S. The Kier molecular flexibility index (Phi) is 7.72. The Balaban J connectivity index is 4.30. The number of hydrogen-bond acceptors (Lipinski definition) is 6. The number of carboxylic acid groups (broad SMARTS) is 1. The van der Waals surface area contributed by atoms with Crippen LogP contribution >= 0.6 is 11.8 Å². The third kappa shape index (κ3) is 11.2. The molecule has 7 nitrogen and oxygen atoms in total. The van der Waals surface area contributed by atoms with Crippen molar-refractivity contribution in [1.82, 2.24) is 5.32 Å². The maximum atomic E-state index is 11.6. The summed E-state index contributed by atoms with van der Waals surface area (Å²) >= 11 is 1.07. The van der Waals surface area contributed by atoms with E-state index in [0.29, 0.717) is 0 Å². The highest BCUT2D eigenvalue weighted by atomic mass is 32.2. The molecule has 1 atom stereocenters. The van der Waals surface area contributed by atoms with Gasteiger partial charge in [0.1, 0.15) is 17.2 Å². The molecule has 0 aliphatic carbocycles. The topological polar surface area (TPSA) is 102 Å². The van der Waals surface area contributed by atoms with Gasteiger partial charge in [0.05, 0.1) is 5.75 Å². The van der Waals surface area contributed by atoms with E-state index in [4.69, 9.17) is 14.6 Å². The number of ether oxygens (including phenoxy) is 2. The molecule has 0 aromatic heterocycles. The number of alkyl carbamates (subject to hydrolysis) is 1. The highest BCUT2D eigenvalue weighted by Gasteiger charge is 2.24. The zero-order chi connectivity index (χ0) is 17.6. The maximum Gasteiger partial charge on any atom is 0.408 e. The third-order valence-electron chi connectivity index (χ3n) is 1.91. The first-order valence-electron chi connectivity index (χ1n) is 6.82. The maximum absolute atomic E-state index is 11.6. The summed E-state index contributed by atoms with van der Waals surface area (Å²) in [5.74, 6) is -1.58. The number of aliphatic carboxylic acids is 1. The summed E-state index contributed by atoms with van der Waals surface area (Å²) in [6.07, 6.45) is -0.808. The van der Waals surface area contributed by atoms with Crippen LogP contribution in [0.5, 0.6) is 0 Å². The van der Waals surface area contributed by atoms with Gasteiger partial charge in [-0.3, -0.25) is 4.79 Å². The van der Waals surface area contributed by atoms with E-state index in [1.165, 1.54) is 0 Å². The van der Waals surface area contributed by atoms with E-state index >= 15 is 0 Å². The Hall–Kier alpha value is -1.44. The molecule has 0 bridgehead atoms. The molecule has 0 heterocycles. The second kappa shape index (κ2) is 8.26. The van der Waals surface area contributed by atoms with Crippen LogP contribution in [-0.2, 0) is 19.1 Å². The van der Waals surface area contributed by atoms with E-state index in [1.807, 2.05) is 0 Å². The number of carbonyl (C=O) groups excluding carboxylic acids is 2. The molecule has 0 radical (unpaired) electrons. The average Bonchev–Trinajstić information content (AvgIpc) is 2.22. The van der Waals surface area contributed by atoms with Gasteiger partial charge >= 0.3 is 18.0 Å². The van der Waals surface area contributed by atoms with Crippen molar-refractivity contribution in [3.63, 3.8) is 0 Å². The number of thioether (sulfide) groups is 1. The van der Waals surface area contributed by atoms with Crippen molar-refractivity contribution in [3.8, 4) is 0 Å². The number of amides is 1. The van der Waals surface area contributed by atoms with Crippen molar-refractivity contribution in [2.45, 2.75) is 58.8 Å². The van der Waals surface area contributed by atoms with Crippen LogP contribution in [0.25, 0.3) is 0 Å². The lowest BCUT2D eigenvalue weighted by Gasteiger charge is -2.22. The van der Waals surface area contributed by atoms with Gasteiger partial charge in [-0.1, -0.05) is 0 Å². The molecular weight excluding hydrogens is 310 g/mol. The molecule has 0 fully saturated rings. The predicted octanol–water partition coefficient (Wildman–Crippen LogP) is 2.04. The minimum Gasteiger partial charge on any atom is -0.480 e. The van der Waals surface area contributed by atoms with E-state index in [-0.39, 0.29) is 11.5 Å². The lowest BCUT2D eigenvalue weighted by atomic mass is 10.2. The Morgan fingerprint density at radius 2 is 1.55 bits per heavy atom. The van der Waals surface area contributed by atoms with Crippen molar-refractivity contribution in [3.05, 3.63) is 0 Å². The van der Waals surface area contributed by atoms with E-state index in [9.17, 15) is 14.4 Å². The summed E-state index contributed by atoms with van der Waals surface area (Å²) < 4.78 is 10.1. The number of nitrogens with one attached hydrogen (secondary N) is 1. The predicted molar refractivity (Wildman–Crippen MR) is 84.0 cm³/mol. The van der Waals surface area contributed by atoms with E-state index in [0.717, 1.165) is 11.8 Å². The molecule has 0 aliphatic rings. The molecule has 8 heteroatoms. The van der Waals surface area contributed by atoms with Gasteiger partial charge in [0.15, 0.2) is 0 Å². The molecule has 0 saturated carbocycles. The zero-order valence-corrected chi connectivity index (χ0v) is 14.7. The zero-order valence-electron chi connectivity index (χ0n) is 13.9. The number of hydrogen-bond donors (Lipinski definition) is 2. The summed E-state index contributed by atoms with van der Waals surface area (Å²) in [4.78, 5) is 34.2. The Morgan fingerprint density at radius 3 is 1.95 bits per heavy atom. The summed E-state index contributed by atoms with van der Waals surface area (Å²) in [5, 5.41) is 11.3. The van der Waals surface area contributed by atoms with Gasteiger partial charge in [-0.2, -0.15) is 0 Å². The van der Waals surface area contributed by atoms with Crippen molar-refractivity contribution in [2.75, 3.05) is 11.5 Å². The SMILES string of the molecule is CC(C)(C)OC(=O)CSC[C@H](NC(=O)OC(C)(C)C)C(=O)O. The number of esters is 1. The minimum absolute atomic E-state index is 0.0110. The Bertz CT molecular complexity index is 411. The molecule has 1 amide bonds. The van der Waals surface area contributed by atoms with Gasteiger partial charge in [0.25, 0.3) is 0 Å². The molecule has 0 aliphatic heterocycles. The first kappa shape index (κ1) is 20.6. The summed E-state index contributed by atoms with van der Waals surface area (Å²) in [6, 6.07) is -1.14. The van der Waals surface area contributed by atoms with Gasteiger partial charge in [-0.05, 0) is 41.5 Å². The molecule has 0 saturated heterocycles. The van der Waals surface area contributed by atoms with E-state index in [1.54, 1.807) is 41.5 Å². The standard InChI is InChI=1S/C14H25NO6S/c1-13(2,3)20-10(16)8-22-7-9(11(17)18)15-12(19)21-14(4,5)6/h9H,7-8H2,1-6H3,(H,15,19)(H,17,18)/t9-/m0/s1. The van der Waals surface area contributed by atoms with Gasteiger partial charge in [0.2, 0.25) is 0 Å². The van der Waals surface area contributed by atoms with Crippen LogP contribution in [0.1, 0.15) is 41.5 Å². The number of carbonyl (C=O) groups is 3. The van der Waals surface area contributed by atoms with E-state index < -0.39 is 35.3 Å². The van der Waals surface area contributed by atoms with Gasteiger partial charge in [-0.25, -0.2) is 9.59 Å². The highest BCUT2D eigenvalue weighted by molar-refractivity contribution is 8.00. The van der Waals surface area contributed by atoms with Crippen molar-refractivity contribution >= 4 is 29.8 Å². The van der Waals surface area contributed by atoms with Crippen molar-refractivity contribution in [2.24, 2.45) is 0 Å². The molecule has 0 aromatic carbocycles. The van der Waals surface area contributed by atoms with Crippen LogP contribution in [0.2, 0.25) is 0 Å². The Labute approximate surface area is 135 Å². The van der Waals surface area contributed by atoms with Gasteiger partial charge in [-0.15, -0.1) is 11.8 Å². The molecule has 0 spiro atoms. The third-order valence-corrected chi connectivity index (χ3v) is 2.92. The van der Waals surface area contributed by atoms with Gasteiger partial charge < -0.3 is 19.9 Å². The van der Waals surface area contributed by atoms with Crippen LogP contribution in [-0.4, -0.2) is 51.9 Å². The second-order valence-electron chi connectivity index (χ2n) is 6.64. The fourth-order valence-electron chi connectivity index (χ4n) is 1.26. The van der Waals surface area contributed by atoms with Crippen molar-refractivity contribution < 1.29 is 29.0 Å². The Morgan fingerprint density at radius 1 is 1.05 bits per heavy atom. The first-order valence-corrected chi connectivity index (χ1v) is 7.97. The first-order chi connectivity index (χ1) is 9.80. The smallest absolute Gasteiger partial charge is 0.408 e. The quantitative estimate of drug-likeness (QED) is 0.716. The summed E-state index contributed by atoms with van der Waals surface area (Å²) in [5.41, 5.74) is -1.30. The fraction of sp³-hybridized carbons (Fsp3) is 0.786. The minimum atomic E-state index is -1.19. The highest BCUT2D eigenvalue weighted by Crippen LogP contribution is 2.12. The van der Waals surface area contributed by atoms with Crippen LogP contribution in [0.4, 0.5) is 4.79 Å². The summed E-state index contributed by atoms with van der Waals surface area (Å²) in [7, 11) is 0. The number of rotatable bonds is 6. The molecule has 2 N–H and O–H groups in total. The number of carboxylic acids is 1. The van der Waals surface area contributed by atoms with Crippen molar-refractivity contribution in [1.29, 1.82) is 0 Å². The molecule has 22 heavy (non-hydrogen) atoms. The normalized spacial score (nSPS) is 13.2. The van der Waals surface area contributed by atoms with E-state index in [2.05, 4.69) is 5.32 Å². The molecule has 0 aromatic rings. The monoisotopic (exact) mass is 335 g/mol. The second-order valence-corrected chi connectivity index (χ2v) is 7.67. The van der Waals surface area contributed by atoms with Crippen LogP contribution in [0, 0.1) is 0 Å². The van der Waals surface area contributed by atoms with Crippen LogP contribution in [0.15, 0.2) is 0 Å². The lowest BCUT2D eigenvalue weighted by Crippen LogP contribution is -2.45. The van der Waals surface area contributed by atoms with Crippen LogP contribution in [0.3, 0.4) is 0 Å². The molecule has 128 valence electrons. The van der Waals surface area contributed by atoms with Crippen LogP contribution < -0.4 is 5.32 Å². The largest absolute Gasteiger partial charge is 0.480 e. The van der Waals surface area contributed by atoms with Gasteiger partial charge in [0, 0.05) is 5.75 Å². The molecule has 0 rings (SSSR count). The summed E-state index contributed by atoms with van der Waals surface area (Å²) in [6.45, 7) is 10.3. The fourth-order valence-corrected chi connectivity index (χ4v) is 2.06. The molecule has 0 unspecified atom stereocenters. The lowest BCUT2D eigenvalue weighted by molar-refractivity contribution is -0.151.